The molecule has 11 heavy (non-hydrogen) atoms. The minimum absolute atomic E-state index is 0.0706. The van der Waals surface area contributed by atoms with Gasteiger partial charge in [-0.15, -0.1) is 0 Å². The van der Waals surface area contributed by atoms with Gasteiger partial charge in [0, 0.05) is 12.6 Å². The molecule has 0 amide bonds. The van der Waals surface area contributed by atoms with Crippen molar-refractivity contribution in [1.29, 1.82) is 0 Å². The topological polar surface area (TPSA) is 51.4 Å². The number of carbonyl (C=O) groups is 1. The molecule has 1 fully saturated rings. The van der Waals surface area contributed by atoms with E-state index in [-0.39, 0.29) is 12.0 Å². The van der Waals surface area contributed by atoms with E-state index in [9.17, 15) is 4.79 Å². The highest BCUT2D eigenvalue weighted by molar-refractivity contribution is 5.70. The van der Waals surface area contributed by atoms with Crippen LogP contribution < -0.4 is 5.32 Å². The molecule has 0 bridgehead atoms. The molecule has 3 heteroatoms. The van der Waals surface area contributed by atoms with Crippen LogP contribution in [0, 0.1) is 5.92 Å². The Balaban J connectivity index is 2.38. The molecule has 0 spiro atoms. The van der Waals surface area contributed by atoms with Crippen molar-refractivity contribution in [3.8, 4) is 0 Å². The van der Waals surface area contributed by atoms with Gasteiger partial charge in [-0.1, -0.05) is 13.3 Å². The molecule has 2 atom stereocenters. The second kappa shape index (κ2) is 3.72. The average Bonchev–Trinajstić information content (AvgIpc) is 2.05. The van der Waals surface area contributed by atoms with Crippen LogP contribution in [0.1, 0.15) is 26.2 Å². The van der Waals surface area contributed by atoms with Crippen molar-refractivity contribution in [2.45, 2.75) is 32.2 Å². The second-order valence-corrected chi connectivity index (χ2v) is 3.10. The van der Waals surface area contributed by atoms with Crippen LogP contribution in [0.2, 0.25) is 0 Å². The van der Waals surface area contributed by atoms with E-state index in [1.54, 1.807) is 6.92 Å². The van der Waals surface area contributed by atoms with Crippen molar-refractivity contribution in [3.05, 3.63) is 0 Å². The first-order valence-electron chi connectivity index (χ1n) is 4.11. The second-order valence-electron chi connectivity index (χ2n) is 3.10. The van der Waals surface area contributed by atoms with Gasteiger partial charge in [-0.25, -0.2) is 5.32 Å². The van der Waals surface area contributed by atoms with Crippen molar-refractivity contribution in [1.82, 2.24) is 5.32 Å². The predicted molar refractivity (Wildman–Crippen MR) is 41.4 cm³/mol. The lowest BCUT2D eigenvalue weighted by atomic mass is 9.94. The van der Waals surface area contributed by atoms with Crippen molar-refractivity contribution in [2.75, 3.05) is 6.54 Å². The van der Waals surface area contributed by atoms with Crippen LogP contribution in [-0.2, 0) is 4.79 Å². The van der Waals surface area contributed by atoms with Gasteiger partial charge in [-0.05, 0) is 12.8 Å². The first-order chi connectivity index (χ1) is 5.22. The van der Waals surface area contributed by atoms with Crippen LogP contribution >= 0.6 is 0 Å². The Morgan fingerprint density at radius 1 is 1.64 bits per heavy atom. The largest absolute Gasteiger partial charge is 0.481 e. The zero-order valence-electron chi connectivity index (χ0n) is 6.79. The quantitative estimate of drug-likeness (QED) is 0.644. The van der Waals surface area contributed by atoms with Gasteiger partial charge in [-0.3, -0.25) is 4.79 Å². The summed E-state index contributed by atoms with van der Waals surface area (Å²) in [5.41, 5.74) is 0. The molecule has 3 nitrogen and oxygen atoms in total. The number of nitrogens with zero attached hydrogens (tertiary/aromatic N) is 1. The smallest absolute Gasteiger partial charge is 0.307 e. The fraction of sp³-hybridized carbons (Fsp3) is 0.875. The summed E-state index contributed by atoms with van der Waals surface area (Å²) in [6.07, 6.45) is 3.21. The summed E-state index contributed by atoms with van der Waals surface area (Å²) in [4.78, 5) is 10.5. The third-order valence-corrected chi connectivity index (χ3v) is 2.24. The molecule has 63 valence electrons. The van der Waals surface area contributed by atoms with E-state index in [1.807, 2.05) is 0 Å². The zero-order valence-corrected chi connectivity index (χ0v) is 6.79. The van der Waals surface area contributed by atoms with Crippen LogP contribution in [-0.4, -0.2) is 23.7 Å². The van der Waals surface area contributed by atoms with Crippen molar-refractivity contribution in [2.24, 2.45) is 5.92 Å². The average molecular weight is 156 g/mol. The Bertz CT molecular complexity index is 141. The molecular formula is C8H14NO2. The molecule has 2 unspecified atom stereocenters. The summed E-state index contributed by atoms with van der Waals surface area (Å²) in [5.74, 6) is -1.02. The van der Waals surface area contributed by atoms with Gasteiger partial charge < -0.3 is 5.11 Å². The van der Waals surface area contributed by atoms with E-state index in [0.717, 1.165) is 25.8 Å². The van der Waals surface area contributed by atoms with Crippen molar-refractivity contribution in [3.63, 3.8) is 0 Å². The predicted octanol–water partition coefficient (Wildman–Crippen LogP) is 0.864. The lowest BCUT2D eigenvalue weighted by Crippen LogP contribution is -2.37. The number of hydrogen-bond donors (Lipinski definition) is 1. The maximum Gasteiger partial charge on any atom is 0.307 e. The normalized spacial score (nSPS) is 27.9. The molecule has 1 rings (SSSR count). The fourth-order valence-electron chi connectivity index (χ4n) is 1.39. The molecule has 0 aromatic heterocycles. The number of carboxylic acid groups (broad SMARTS) is 1. The van der Waals surface area contributed by atoms with Crippen LogP contribution in [0.4, 0.5) is 0 Å². The Labute approximate surface area is 66.8 Å². The van der Waals surface area contributed by atoms with Crippen LogP contribution in [0.5, 0.6) is 0 Å². The molecule has 0 aromatic rings. The Kier molecular flexibility index (Phi) is 2.88. The Morgan fingerprint density at radius 3 is 2.82 bits per heavy atom. The van der Waals surface area contributed by atoms with E-state index >= 15 is 0 Å². The molecular weight excluding hydrogens is 142 g/mol. The molecule has 1 aliphatic rings. The summed E-state index contributed by atoms with van der Waals surface area (Å²) < 4.78 is 0. The summed E-state index contributed by atoms with van der Waals surface area (Å²) in [6.45, 7) is 2.59. The first kappa shape index (κ1) is 8.53. The lowest BCUT2D eigenvalue weighted by Gasteiger charge is -2.24. The van der Waals surface area contributed by atoms with E-state index in [2.05, 4.69) is 5.32 Å². The van der Waals surface area contributed by atoms with E-state index in [0.29, 0.717) is 0 Å². The highest BCUT2D eigenvalue weighted by Crippen LogP contribution is 2.16. The van der Waals surface area contributed by atoms with E-state index < -0.39 is 5.97 Å². The van der Waals surface area contributed by atoms with Gasteiger partial charge in [-0.2, -0.15) is 0 Å². The lowest BCUT2D eigenvalue weighted by molar-refractivity contribution is -0.142. The van der Waals surface area contributed by atoms with Gasteiger partial charge in [0.25, 0.3) is 0 Å². The summed E-state index contributed by atoms with van der Waals surface area (Å²) in [5, 5.41) is 12.9. The molecule has 0 aliphatic carbocycles. The number of carboxylic acids is 1. The number of hydrogen-bond acceptors (Lipinski definition) is 1. The van der Waals surface area contributed by atoms with E-state index in [1.165, 1.54) is 0 Å². The summed E-state index contributed by atoms with van der Waals surface area (Å²) >= 11 is 0. The van der Waals surface area contributed by atoms with Gasteiger partial charge in [0.05, 0.1) is 5.92 Å². The van der Waals surface area contributed by atoms with E-state index in [4.69, 9.17) is 5.11 Å². The maximum atomic E-state index is 10.5. The van der Waals surface area contributed by atoms with Crippen molar-refractivity contribution < 1.29 is 9.90 Å². The third kappa shape index (κ3) is 2.19. The fourth-order valence-corrected chi connectivity index (χ4v) is 1.39. The summed E-state index contributed by atoms with van der Waals surface area (Å²) in [7, 11) is 0. The maximum absolute atomic E-state index is 10.5. The van der Waals surface area contributed by atoms with Gasteiger partial charge in [0.1, 0.15) is 0 Å². The molecule has 1 heterocycles. The van der Waals surface area contributed by atoms with Gasteiger partial charge >= 0.3 is 5.97 Å². The number of piperidine rings is 1. The molecule has 1 saturated heterocycles. The van der Waals surface area contributed by atoms with Crippen LogP contribution in [0.25, 0.3) is 0 Å². The highest BCUT2D eigenvalue weighted by atomic mass is 16.4. The summed E-state index contributed by atoms with van der Waals surface area (Å²) in [6, 6.07) is 0.0706. The third-order valence-electron chi connectivity index (χ3n) is 2.24. The first-order valence-corrected chi connectivity index (χ1v) is 4.11. The SMILES string of the molecule is CC(C(=O)O)C1CCCC[N]1. The minimum Gasteiger partial charge on any atom is -0.481 e. The van der Waals surface area contributed by atoms with Crippen LogP contribution in [0.3, 0.4) is 0 Å². The Morgan fingerprint density at radius 2 is 2.36 bits per heavy atom. The molecule has 1 radical (unpaired) electrons. The Hall–Kier alpha value is -0.570. The molecule has 0 saturated carbocycles. The number of aliphatic carboxylic acids is 1. The van der Waals surface area contributed by atoms with Crippen molar-refractivity contribution >= 4 is 5.97 Å². The van der Waals surface area contributed by atoms with Crippen LogP contribution in [0.15, 0.2) is 0 Å². The molecule has 1 N–H and O–H groups in total. The van der Waals surface area contributed by atoms with Gasteiger partial charge in [0.15, 0.2) is 0 Å². The van der Waals surface area contributed by atoms with Gasteiger partial charge in [0.2, 0.25) is 0 Å². The monoisotopic (exact) mass is 156 g/mol. The number of rotatable bonds is 2. The highest BCUT2D eigenvalue weighted by Gasteiger charge is 2.25. The molecule has 0 aromatic carbocycles. The minimum atomic E-state index is -0.722. The molecule has 1 aliphatic heterocycles. The zero-order chi connectivity index (χ0) is 8.27. The standard InChI is InChI=1S/C8H14NO2/c1-6(8(10)11)7-4-2-3-5-9-7/h6-7H,2-5H2,1H3,(H,10,11).